The average molecular weight is 192 g/mol. The Kier molecular flexibility index (Phi) is 2.00. The van der Waals surface area contributed by atoms with Crippen molar-refractivity contribution in [2.45, 2.75) is 25.8 Å². The third-order valence-corrected chi connectivity index (χ3v) is 2.87. The highest BCUT2D eigenvalue weighted by Gasteiger charge is 2.25. The molecule has 0 fully saturated rings. The van der Waals surface area contributed by atoms with E-state index in [0.717, 1.165) is 24.0 Å². The molecule has 4 nitrogen and oxygen atoms in total. The summed E-state index contributed by atoms with van der Waals surface area (Å²) in [7, 11) is 0. The van der Waals surface area contributed by atoms with Crippen LogP contribution >= 0.6 is 0 Å². The van der Waals surface area contributed by atoms with Gasteiger partial charge >= 0.3 is 0 Å². The smallest absolute Gasteiger partial charge is 0.272 e. The minimum atomic E-state index is -0.347. The Hall–Kier alpha value is -1.42. The zero-order valence-corrected chi connectivity index (χ0v) is 7.99. The molecule has 0 saturated heterocycles. The maximum Gasteiger partial charge on any atom is 0.272 e. The summed E-state index contributed by atoms with van der Waals surface area (Å²) in [5.74, 6) is 0. The molecule has 0 amide bonds. The van der Waals surface area contributed by atoms with Gasteiger partial charge in [0.05, 0.1) is 4.92 Å². The molecule has 2 rings (SSSR count). The van der Waals surface area contributed by atoms with Crippen molar-refractivity contribution in [2.75, 3.05) is 0 Å². The third kappa shape index (κ3) is 1.19. The van der Waals surface area contributed by atoms with Crippen molar-refractivity contribution in [2.24, 2.45) is 5.73 Å². The van der Waals surface area contributed by atoms with Crippen molar-refractivity contribution in [3.63, 3.8) is 0 Å². The monoisotopic (exact) mass is 192 g/mol. The summed E-state index contributed by atoms with van der Waals surface area (Å²) < 4.78 is 0. The van der Waals surface area contributed by atoms with Gasteiger partial charge in [0.1, 0.15) is 0 Å². The summed E-state index contributed by atoms with van der Waals surface area (Å²) in [6.07, 6.45) is 1.84. The van der Waals surface area contributed by atoms with Crippen molar-refractivity contribution in [3.8, 4) is 0 Å². The molecule has 74 valence electrons. The normalized spacial score (nSPS) is 19.4. The van der Waals surface area contributed by atoms with Gasteiger partial charge < -0.3 is 5.73 Å². The summed E-state index contributed by atoms with van der Waals surface area (Å²) >= 11 is 0. The molecule has 1 aromatic rings. The van der Waals surface area contributed by atoms with Crippen LogP contribution in [0.3, 0.4) is 0 Å². The van der Waals surface area contributed by atoms with E-state index in [1.807, 2.05) is 6.07 Å². The van der Waals surface area contributed by atoms with Crippen LogP contribution in [0.1, 0.15) is 29.2 Å². The van der Waals surface area contributed by atoms with Crippen molar-refractivity contribution in [3.05, 3.63) is 38.9 Å². The zero-order chi connectivity index (χ0) is 10.3. The Morgan fingerprint density at radius 1 is 1.57 bits per heavy atom. The standard InChI is InChI=1S/C10H12N2O2/c1-6-9(12(13)14)5-3-7-2-4-8(11)10(6)7/h3,5,8H,2,4,11H2,1H3/t8-/m1/s1. The lowest BCUT2D eigenvalue weighted by Gasteiger charge is -2.08. The van der Waals surface area contributed by atoms with E-state index in [1.54, 1.807) is 13.0 Å². The number of nitro groups is 1. The molecule has 0 heterocycles. The van der Waals surface area contributed by atoms with Crippen LogP contribution in [0.2, 0.25) is 0 Å². The number of aryl methyl sites for hydroxylation is 1. The van der Waals surface area contributed by atoms with E-state index in [-0.39, 0.29) is 16.7 Å². The molecule has 0 aromatic heterocycles. The van der Waals surface area contributed by atoms with Gasteiger partial charge in [-0.3, -0.25) is 10.1 Å². The van der Waals surface area contributed by atoms with E-state index in [0.29, 0.717) is 0 Å². The first-order valence-electron chi connectivity index (χ1n) is 4.63. The van der Waals surface area contributed by atoms with Crippen molar-refractivity contribution in [1.82, 2.24) is 0 Å². The molecular formula is C10H12N2O2. The van der Waals surface area contributed by atoms with Crippen LogP contribution in [-0.4, -0.2) is 4.92 Å². The molecular weight excluding hydrogens is 180 g/mol. The molecule has 0 unspecified atom stereocenters. The van der Waals surface area contributed by atoms with E-state index < -0.39 is 0 Å². The number of nitrogens with two attached hydrogens (primary N) is 1. The van der Waals surface area contributed by atoms with E-state index in [4.69, 9.17) is 5.73 Å². The predicted molar refractivity (Wildman–Crippen MR) is 53.1 cm³/mol. The van der Waals surface area contributed by atoms with Gasteiger partial charge in [-0.25, -0.2) is 0 Å². The summed E-state index contributed by atoms with van der Waals surface area (Å²) in [6.45, 7) is 1.78. The number of benzene rings is 1. The number of fused-ring (bicyclic) bond motifs is 1. The van der Waals surface area contributed by atoms with Gasteiger partial charge in [-0.1, -0.05) is 6.07 Å². The average Bonchev–Trinajstić information content (AvgIpc) is 2.48. The molecule has 1 atom stereocenters. The van der Waals surface area contributed by atoms with E-state index in [1.165, 1.54) is 5.56 Å². The number of rotatable bonds is 1. The Labute approximate surface area is 81.9 Å². The fourth-order valence-electron chi connectivity index (χ4n) is 2.16. The number of nitro benzene ring substituents is 1. The van der Waals surface area contributed by atoms with Gasteiger partial charge in [0.25, 0.3) is 5.69 Å². The highest BCUT2D eigenvalue weighted by atomic mass is 16.6. The predicted octanol–water partition coefficient (Wildman–Crippen LogP) is 1.85. The highest BCUT2D eigenvalue weighted by Crippen LogP contribution is 2.35. The second kappa shape index (κ2) is 3.06. The van der Waals surface area contributed by atoms with Crippen LogP contribution in [0.4, 0.5) is 5.69 Å². The minimum absolute atomic E-state index is 0.0232. The van der Waals surface area contributed by atoms with Crippen molar-refractivity contribution in [1.29, 1.82) is 0 Å². The maximum absolute atomic E-state index is 10.7. The zero-order valence-electron chi connectivity index (χ0n) is 7.99. The second-order valence-corrected chi connectivity index (χ2v) is 3.68. The second-order valence-electron chi connectivity index (χ2n) is 3.68. The fraction of sp³-hybridized carbons (Fsp3) is 0.400. The van der Waals surface area contributed by atoms with Crippen LogP contribution in [0.15, 0.2) is 12.1 Å². The lowest BCUT2D eigenvalue weighted by Crippen LogP contribution is -2.08. The van der Waals surface area contributed by atoms with Crippen molar-refractivity contribution >= 4 is 5.69 Å². The molecule has 1 aliphatic carbocycles. The summed E-state index contributed by atoms with van der Waals surface area (Å²) in [5, 5.41) is 10.7. The molecule has 0 spiro atoms. The van der Waals surface area contributed by atoms with Crippen LogP contribution < -0.4 is 5.73 Å². The molecule has 4 heteroatoms. The van der Waals surface area contributed by atoms with E-state index >= 15 is 0 Å². The van der Waals surface area contributed by atoms with Gasteiger partial charge in [-0.15, -0.1) is 0 Å². The molecule has 0 bridgehead atoms. The van der Waals surface area contributed by atoms with Gasteiger partial charge in [-0.2, -0.15) is 0 Å². The first-order valence-corrected chi connectivity index (χ1v) is 4.63. The van der Waals surface area contributed by atoms with Gasteiger partial charge in [-0.05, 0) is 30.9 Å². The number of hydrogen-bond acceptors (Lipinski definition) is 3. The van der Waals surface area contributed by atoms with E-state index in [9.17, 15) is 10.1 Å². The molecule has 0 radical (unpaired) electrons. The molecule has 2 N–H and O–H groups in total. The largest absolute Gasteiger partial charge is 0.324 e. The molecule has 14 heavy (non-hydrogen) atoms. The fourth-order valence-corrected chi connectivity index (χ4v) is 2.16. The van der Waals surface area contributed by atoms with Gasteiger partial charge in [0.15, 0.2) is 0 Å². The summed E-state index contributed by atoms with van der Waals surface area (Å²) in [5.41, 5.74) is 8.96. The summed E-state index contributed by atoms with van der Waals surface area (Å²) in [6, 6.07) is 3.38. The van der Waals surface area contributed by atoms with Crippen molar-refractivity contribution < 1.29 is 4.92 Å². The molecule has 1 aromatic carbocycles. The quantitative estimate of drug-likeness (QED) is 0.545. The Bertz CT molecular complexity index is 401. The maximum atomic E-state index is 10.7. The lowest BCUT2D eigenvalue weighted by atomic mass is 10.0. The van der Waals surface area contributed by atoms with Crippen LogP contribution in [0.25, 0.3) is 0 Å². The number of nitrogens with zero attached hydrogens (tertiary/aromatic N) is 1. The Morgan fingerprint density at radius 2 is 2.29 bits per heavy atom. The first kappa shape index (κ1) is 9.15. The van der Waals surface area contributed by atoms with Crippen LogP contribution in [0, 0.1) is 17.0 Å². The molecule has 1 aliphatic rings. The van der Waals surface area contributed by atoms with Gasteiger partial charge in [0.2, 0.25) is 0 Å². The third-order valence-electron chi connectivity index (χ3n) is 2.87. The Balaban J connectivity index is 2.61. The SMILES string of the molecule is Cc1c([N+](=O)[O-])ccc2c1[C@H](N)CC2. The molecule has 0 aliphatic heterocycles. The topological polar surface area (TPSA) is 69.2 Å². The molecule has 0 saturated carbocycles. The van der Waals surface area contributed by atoms with Crippen LogP contribution in [-0.2, 0) is 6.42 Å². The summed E-state index contributed by atoms with van der Waals surface area (Å²) in [4.78, 5) is 10.3. The Morgan fingerprint density at radius 3 is 2.93 bits per heavy atom. The van der Waals surface area contributed by atoms with Gasteiger partial charge in [0, 0.05) is 17.7 Å². The first-order chi connectivity index (χ1) is 6.61. The minimum Gasteiger partial charge on any atom is -0.324 e. The van der Waals surface area contributed by atoms with E-state index in [2.05, 4.69) is 0 Å². The number of hydrogen-bond donors (Lipinski definition) is 1. The van der Waals surface area contributed by atoms with Crippen LogP contribution in [0.5, 0.6) is 0 Å². The lowest BCUT2D eigenvalue weighted by molar-refractivity contribution is -0.385. The highest BCUT2D eigenvalue weighted by molar-refractivity contribution is 5.51.